The molecule has 1 unspecified atom stereocenters. The fraction of sp³-hybridized carbons (Fsp3) is 0.429. The summed E-state index contributed by atoms with van der Waals surface area (Å²) in [5.41, 5.74) is 2.64. The summed E-state index contributed by atoms with van der Waals surface area (Å²) in [5.74, 6) is 0. The van der Waals surface area contributed by atoms with Gasteiger partial charge in [0.25, 0.3) is 0 Å². The van der Waals surface area contributed by atoms with E-state index in [4.69, 9.17) is 23.2 Å². The minimum atomic E-state index is 0.154. The number of nitrogens with zero attached hydrogens (tertiary/aromatic N) is 3. The second kappa shape index (κ2) is 6.57. The molecule has 1 heterocycles. The van der Waals surface area contributed by atoms with Crippen LogP contribution < -0.4 is 5.32 Å². The van der Waals surface area contributed by atoms with Crippen LogP contribution >= 0.6 is 23.2 Å². The van der Waals surface area contributed by atoms with Gasteiger partial charge in [-0.2, -0.15) is 0 Å². The predicted molar refractivity (Wildman–Crippen MR) is 82.8 cm³/mol. The number of aromatic nitrogens is 3. The first-order valence-corrected chi connectivity index (χ1v) is 7.41. The van der Waals surface area contributed by atoms with Gasteiger partial charge in [0.1, 0.15) is 5.69 Å². The van der Waals surface area contributed by atoms with Gasteiger partial charge in [-0.05, 0) is 45.0 Å². The molecule has 2 rings (SSSR count). The zero-order valence-corrected chi connectivity index (χ0v) is 13.3. The fourth-order valence-electron chi connectivity index (χ4n) is 2.08. The molecule has 4 nitrogen and oxygen atoms in total. The molecule has 0 aliphatic rings. The quantitative estimate of drug-likeness (QED) is 0.909. The van der Waals surface area contributed by atoms with E-state index in [1.807, 2.05) is 6.92 Å². The summed E-state index contributed by atoms with van der Waals surface area (Å²) in [6.07, 6.45) is 1.08. The second-order valence-corrected chi connectivity index (χ2v) is 5.59. The van der Waals surface area contributed by atoms with Gasteiger partial charge in [0.15, 0.2) is 0 Å². The highest BCUT2D eigenvalue weighted by molar-refractivity contribution is 6.34. The first kappa shape index (κ1) is 15.3. The van der Waals surface area contributed by atoms with Crippen LogP contribution in [0.5, 0.6) is 0 Å². The Morgan fingerprint density at radius 2 is 2.10 bits per heavy atom. The van der Waals surface area contributed by atoms with Crippen molar-refractivity contribution in [2.24, 2.45) is 0 Å². The second-order valence-electron chi connectivity index (χ2n) is 4.74. The minimum Gasteiger partial charge on any atom is -0.309 e. The molecule has 6 heteroatoms. The highest BCUT2D eigenvalue weighted by Crippen LogP contribution is 2.26. The van der Waals surface area contributed by atoms with Gasteiger partial charge in [0.05, 0.1) is 22.4 Å². The van der Waals surface area contributed by atoms with E-state index in [0.717, 1.165) is 30.0 Å². The smallest absolute Gasteiger partial charge is 0.103 e. The number of benzene rings is 1. The molecule has 0 radical (unpaired) electrons. The topological polar surface area (TPSA) is 42.7 Å². The standard InChI is InChI=1S/C14H18Cl2N4/c1-4-7-17-9(2)14-10(3)20(19-18-14)13-8-11(15)5-6-12(13)16/h5-6,8-9,17H,4,7H2,1-3H3. The lowest BCUT2D eigenvalue weighted by Crippen LogP contribution is -2.20. The van der Waals surface area contributed by atoms with Crippen LogP contribution in [-0.4, -0.2) is 21.5 Å². The Hall–Kier alpha value is -1.10. The summed E-state index contributed by atoms with van der Waals surface area (Å²) < 4.78 is 1.73. The Labute approximate surface area is 129 Å². The number of hydrogen-bond acceptors (Lipinski definition) is 3. The van der Waals surface area contributed by atoms with Crippen LogP contribution in [0.4, 0.5) is 0 Å². The molecule has 1 N–H and O–H groups in total. The van der Waals surface area contributed by atoms with E-state index in [9.17, 15) is 0 Å². The molecule has 0 aliphatic heterocycles. The van der Waals surface area contributed by atoms with E-state index in [1.165, 1.54) is 0 Å². The molecule has 0 fully saturated rings. The molecule has 2 aromatic rings. The molecule has 1 aromatic heterocycles. The van der Waals surface area contributed by atoms with Gasteiger partial charge < -0.3 is 5.32 Å². The molecule has 1 aromatic carbocycles. The first-order valence-electron chi connectivity index (χ1n) is 6.65. The zero-order chi connectivity index (χ0) is 14.7. The molecular formula is C14H18Cl2N4. The van der Waals surface area contributed by atoms with E-state index >= 15 is 0 Å². The molecule has 1 atom stereocenters. The van der Waals surface area contributed by atoms with Crippen molar-refractivity contribution in [1.29, 1.82) is 0 Å². The van der Waals surface area contributed by atoms with Crippen LogP contribution in [0.15, 0.2) is 18.2 Å². The average Bonchev–Trinajstić information content (AvgIpc) is 2.80. The van der Waals surface area contributed by atoms with Crippen molar-refractivity contribution in [3.05, 3.63) is 39.6 Å². The molecule has 20 heavy (non-hydrogen) atoms. The monoisotopic (exact) mass is 312 g/mol. The number of halogens is 2. The maximum atomic E-state index is 6.21. The maximum absolute atomic E-state index is 6.21. The zero-order valence-electron chi connectivity index (χ0n) is 11.8. The van der Waals surface area contributed by atoms with Crippen LogP contribution in [0.25, 0.3) is 5.69 Å². The lowest BCUT2D eigenvalue weighted by molar-refractivity contribution is 0.555. The molecule has 108 valence electrons. The van der Waals surface area contributed by atoms with Crippen molar-refractivity contribution >= 4 is 23.2 Å². The van der Waals surface area contributed by atoms with Crippen molar-refractivity contribution in [2.45, 2.75) is 33.2 Å². The van der Waals surface area contributed by atoms with Crippen LogP contribution in [0.3, 0.4) is 0 Å². The van der Waals surface area contributed by atoms with E-state index in [1.54, 1.807) is 22.9 Å². The lowest BCUT2D eigenvalue weighted by atomic mass is 10.2. The predicted octanol–water partition coefficient (Wildman–Crippen LogP) is 3.94. The van der Waals surface area contributed by atoms with Crippen molar-refractivity contribution in [1.82, 2.24) is 20.3 Å². The van der Waals surface area contributed by atoms with Crippen molar-refractivity contribution in [2.75, 3.05) is 6.54 Å². The normalized spacial score (nSPS) is 12.7. The van der Waals surface area contributed by atoms with Crippen LogP contribution in [0, 0.1) is 6.92 Å². The first-order chi connectivity index (χ1) is 9.54. The van der Waals surface area contributed by atoms with Gasteiger partial charge in [0.2, 0.25) is 0 Å². The van der Waals surface area contributed by atoms with Gasteiger partial charge in [-0.1, -0.05) is 35.3 Å². The van der Waals surface area contributed by atoms with Gasteiger partial charge in [-0.3, -0.25) is 0 Å². The summed E-state index contributed by atoms with van der Waals surface area (Å²) in [7, 11) is 0. The summed E-state index contributed by atoms with van der Waals surface area (Å²) >= 11 is 12.2. The Kier molecular flexibility index (Phi) is 5.02. The van der Waals surface area contributed by atoms with E-state index in [0.29, 0.717) is 10.0 Å². The molecule has 0 bridgehead atoms. The van der Waals surface area contributed by atoms with Crippen LogP contribution in [0.2, 0.25) is 10.0 Å². The third-order valence-electron chi connectivity index (χ3n) is 3.18. The van der Waals surface area contributed by atoms with E-state index < -0.39 is 0 Å². The Bertz CT molecular complexity index is 595. The SMILES string of the molecule is CCCNC(C)c1nnn(-c2cc(Cl)ccc2Cl)c1C. The Morgan fingerprint density at radius 1 is 1.35 bits per heavy atom. The summed E-state index contributed by atoms with van der Waals surface area (Å²) in [4.78, 5) is 0. The van der Waals surface area contributed by atoms with Crippen LogP contribution in [-0.2, 0) is 0 Å². The lowest BCUT2D eigenvalue weighted by Gasteiger charge is -2.12. The molecule has 0 aliphatic carbocycles. The third-order valence-corrected chi connectivity index (χ3v) is 3.73. The number of nitrogens with one attached hydrogen (secondary N) is 1. The summed E-state index contributed by atoms with van der Waals surface area (Å²) in [5, 5.41) is 13.1. The van der Waals surface area contributed by atoms with Gasteiger partial charge in [0, 0.05) is 5.02 Å². The summed E-state index contributed by atoms with van der Waals surface area (Å²) in [6.45, 7) is 7.15. The van der Waals surface area contributed by atoms with E-state index in [-0.39, 0.29) is 6.04 Å². The van der Waals surface area contributed by atoms with E-state index in [2.05, 4.69) is 29.5 Å². The fourth-order valence-corrected chi connectivity index (χ4v) is 2.44. The van der Waals surface area contributed by atoms with Crippen LogP contribution in [0.1, 0.15) is 37.7 Å². The largest absolute Gasteiger partial charge is 0.309 e. The van der Waals surface area contributed by atoms with Crippen molar-refractivity contribution < 1.29 is 0 Å². The third kappa shape index (κ3) is 3.14. The number of hydrogen-bond donors (Lipinski definition) is 1. The van der Waals surface area contributed by atoms with Gasteiger partial charge in [-0.15, -0.1) is 5.10 Å². The minimum absolute atomic E-state index is 0.154. The Balaban J connectivity index is 2.35. The maximum Gasteiger partial charge on any atom is 0.103 e. The highest BCUT2D eigenvalue weighted by atomic mass is 35.5. The van der Waals surface area contributed by atoms with Crippen molar-refractivity contribution in [3.8, 4) is 5.69 Å². The highest BCUT2D eigenvalue weighted by Gasteiger charge is 2.17. The summed E-state index contributed by atoms with van der Waals surface area (Å²) in [6, 6.07) is 5.46. The molecule has 0 saturated heterocycles. The van der Waals surface area contributed by atoms with Gasteiger partial charge >= 0.3 is 0 Å². The van der Waals surface area contributed by atoms with Crippen molar-refractivity contribution in [3.63, 3.8) is 0 Å². The molecular weight excluding hydrogens is 295 g/mol. The average molecular weight is 313 g/mol. The van der Waals surface area contributed by atoms with Gasteiger partial charge in [-0.25, -0.2) is 4.68 Å². The molecule has 0 spiro atoms. The molecule has 0 saturated carbocycles. The Morgan fingerprint density at radius 3 is 2.80 bits per heavy atom. The number of rotatable bonds is 5. The molecule has 0 amide bonds.